The standard InChI is InChI=1S/C14H20N2O/c1-10-9-12-13(16-10)7-6-11(14(12)17-2)5-3-4-8-15/h6-7,9,16H,3-5,8,15H2,1-2H3. The Hall–Kier alpha value is -1.48. The van der Waals surface area contributed by atoms with Crippen LogP contribution in [0.1, 0.15) is 24.1 Å². The van der Waals surface area contributed by atoms with Crippen molar-refractivity contribution in [3.05, 3.63) is 29.5 Å². The van der Waals surface area contributed by atoms with Crippen molar-refractivity contribution in [3.8, 4) is 5.75 Å². The zero-order valence-electron chi connectivity index (χ0n) is 10.5. The highest BCUT2D eigenvalue weighted by molar-refractivity contribution is 5.88. The quantitative estimate of drug-likeness (QED) is 0.779. The second kappa shape index (κ2) is 5.23. The van der Waals surface area contributed by atoms with Gasteiger partial charge in [-0.15, -0.1) is 0 Å². The van der Waals surface area contributed by atoms with Crippen LogP contribution in [0.15, 0.2) is 18.2 Å². The summed E-state index contributed by atoms with van der Waals surface area (Å²) < 4.78 is 5.55. The molecule has 1 heterocycles. The fourth-order valence-electron chi connectivity index (χ4n) is 2.26. The average molecular weight is 232 g/mol. The molecule has 0 aliphatic rings. The van der Waals surface area contributed by atoms with E-state index in [0.29, 0.717) is 0 Å². The van der Waals surface area contributed by atoms with Gasteiger partial charge in [0, 0.05) is 16.6 Å². The lowest BCUT2D eigenvalue weighted by atomic mass is 10.0. The van der Waals surface area contributed by atoms with Crippen LogP contribution in [0.25, 0.3) is 10.9 Å². The summed E-state index contributed by atoms with van der Waals surface area (Å²) in [7, 11) is 1.74. The first kappa shape index (κ1) is 12.0. The molecule has 1 aromatic carbocycles. The molecule has 0 aliphatic carbocycles. The van der Waals surface area contributed by atoms with Gasteiger partial charge in [-0.25, -0.2) is 0 Å². The molecule has 17 heavy (non-hydrogen) atoms. The van der Waals surface area contributed by atoms with Gasteiger partial charge in [-0.05, 0) is 50.4 Å². The number of aryl methyl sites for hydroxylation is 2. The molecule has 0 spiro atoms. The van der Waals surface area contributed by atoms with E-state index in [0.717, 1.165) is 42.8 Å². The molecule has 0 saturated heterocycles. The van der Waals surface area contributed by atoms with Gasteiger partial charge in [0.15, 0.2) is 0 Å². The van der Waals surface area contributed by atoms with Gasteiger partial charge in [0.1, 0.15) is 5.75 Å². The molecule has 3 nitrogen and oxygen atoms in total. The van der Waals surface area contributed by atoms with Gasteiger partial charge < -0.3 is 15.5 Å². The van der Waals surface area contributed by atoms with Crippen molar-refractivity contribution < 1.29 is 4.74 Å². The summed E-state index contributed by atoms with van der Waals surface area (Å²) in [5.41, 5.74) is 9.10. The van der Waals surface area contributed by atoms with Crippen molar-refractivity contribution in [2.24, 2.45) is 5.73 Å². The summed E-state index contributed by atoms with van der Waals surface area (Å²) in [4.78, 5) is 3.33. The van der Waals surface area contributed by atoms with Crippen molar-refractivity contribution in [2.75, 3.05) is 13.7 Å². The maximum absolute atomic E-state index is 5.55. The maximum atomic E-state index is 5.55. The van der Waals surface area contributed by atoms with Crippen molar-refractivity contribution in [3.63, 3.8) is 0 Å². The van der Waals surface area contributed by atoms with Gasteiger partial charge in [0.2, 0.25) is 0 Å². The Morgan fingerprint density at radius 1 is 1.29 bits per heavy atom. The number of aromatic nitrogens is 1. The second-order valence-corrected chi connectivity index (χ2v) is 4.42. The largest absolute Gasteiger partial charge is 0.496 e. The van der Waals surface area contributed by atoms with Crippen LogP contribution >= 0.6 is 0 Å². The van der Waals surface area contributed by atoms with Crippen molar-refractivity contribution in [1.29, 1.82) is 0 Å². The van der Waals surface area contributed by atoms with Crippen molar-refractivity contribution >= 4 is 10.9 Å². The molecule has 0 radical (unpaired) electrons. The van der Waals surface area contributed by atoms with Crippen LogP contribution < -0.4 is 10.5 Å². The van der Waals surface area contributed by atoms with E-state index >= 15 is 0 Å². The highest BCUT2D eigenvalue weighted by Crippen LogP contribution is 2.31. The van der Waals surface area contributed by atoms with E-state index in [2.05, 4.69) is 30.1 Å². The highest BCUT2D eigenvalue weighted by Gasteiger charge is 2.09. The van der Waals surface area contributed by atoms with Crippen LogP contribution in [0.4, 0.5) is 0 Å². The lowest BCUT2D eigenvalue weighted by molar-refractivity contribution is 0.414. The SMILES string of the molecule is COc1c(CCCCN)ccc2[nH]c(C)cc12. The van der Waals surface area contributed by atoms with E-state index in [1.807, 2.05) is 0 Å². The van der Waals surface area contributed by atoms with Gasteiger partial charge in [-0.3, -0.25) is 0 Å². The molecular formula is C14H20N2O. The molecule has 2 aromatic rings. The molecule has 3 heteroatoms. The molecule has 0 saturated carbocycles. The summed E-state index contributed by atoms with van der Waals surface area (Å²) >= 11 is 0. The molecule has 0 bridgehead atoms. The fraction of sp³-hybridized carbons (Fsp3) is 0.429. The topological polar surface area (TPSA) is 51.0 Å². The van der Waals surface area contributed by atoms with E-state index in [4.69, 9.17) is 10.5 Å². The third kappa shape index (κ3) is 2.44. The molecule has 3 N–H and O–H groups in total. The highest BCUT2D eigenvalue weighted by atomic mass is 16.5. The van der Waals surface area contributed by atoms with E-state index < -0.39 is 0 Å². The number of rotatable bonds is 5. The minimum Gasteiger partial charge on any atom is -0.496 e. The fourth-order valence-corrected chi connectivity index (χ4v) is 2.26. The smallest absolute Gasteiger partial charge is 0.131 e. The number of ether oxygens (including phenoxy) is 1. The predicted octanol–water partition coefficient (Wildman–Crippen LogP) is 2.77. The summed E-state index contributed by atoms with van der Waals surface area (Å²) in [5.74, 6) is 1.00. The molecular weight excluding hydrogens is 212 g/mol. The minimum atomic E-state index is 0.758. The number of benzene rings is 1. The number of methoxy groups -OCH3 is 1. The third-order valence-corrected chi connectivity index (χ3v) is 3.07. The number of fused-ring (bicyclic) bond motifs is 1. The Bertz CT molecular complexity index is 502. The Labute approximate surface area is 102 Å². The zero-order chi connectivity index (χ0) is 12.3. The third-order valence-electron chi connectivity index (χ3n) is 3.07. The first-order valence-electron chi connectivity index (χ1n) is 6.11. The molecule has 92 valence electrons. The van der Waals surface area contributed by atoms with Crippen LogP contribution in [0.5, 0.6) is 5.75 Å². The molecule has 0 amide bonds. The van der Waals surface area contributed by atoms with Gasteiger partial charge in [-0.1, -0.05) is 6.07 Å². The van der Waals surface area contributed by atoms with Crippen LogP contribution in [0.2, 0.25) is 0 Å². The van der Waals surface area contributed by atoms with Crippen LogP contribution in [-0.2, 0) is 6.42 Å². The zero-order valence-corrected chi connectivity index (χ0v) is 10.5. The maximum Gasteiger partial charge on any atom is 0.131 e. The summed E-state index contributed by atoms with van der Waals surface area (Å²) in [5, 5.41) is 1.18. The number of hydrogen-bond acceptors (Lipinski definition) is 2. The molecule has 0 aliphatic heterocycles. The number of aromatic amines is 1. The molecule has 2 rings (SSSR count). The van der Waals surface area contributed by atoms with E-state index in [1.54, 1.807) is 7.11 Å². The monoisotopic (exact) mass is 232 g/mol. The lowest BCUT2D eigenvalue weighted by Crippen LogP contribution is -2.00. The number of H-pyrrole nitrogens is 1. The van der Waals surface area contributed by atoms with Gasteiger partial charge in [0.25, 0.3) is 0 Å². The van der Waals surface area contributed by atoms with Crippen LogP contribution in [0, 0.1) is 6.92 Å². The average Bonchev–Trinajstić information content (AvgIpc) is 2.69. The van der Waals surface area contributed by atoms with Crippen LogP contribution in [0.3, 0.4) is 0 Å². The lowest BCUT2D eigenvalue weighted by Gasteiger charge is -2.09. The Balaban J connectivity index is 2.34. The summed E-state index contributed by atoms with van der Waals surface area (Å²) in [6.45, 7) is 2.82. The summed E-state index contributed by atoms with van der Waals surface area (Å²) in [6, 6.07) is 6.41. The predicted molar refractivity (Wildman–Crippen MR) is 71.6 cm³/mol. The van der Waals surface area contributed by atoms with Crippen LogP contribution in [-0.4, -0.2) is 18.6 Å². The number of unbranched alkanes of at least 4 members (excludes halogenated alkanes) is 1. The molecule has 1 aromatic heterocycles. The Morgan fingerprint density at radius 2 is 2.12 bits per heavy atom. The van der Waals surface area contributed by atoms with Crippen molar-refractivity contribution in [1.82, 2.24) is 4.98 Å². The van der Waals surface area contributed by atoms with Gasteiger partial charge in [0.05, 0.1) is 7.11 Å². The summed E-state index contributed by atoms with van der Waals surface area (Å²) in [6.07, 6.45) is 3.20. The van der Waals surface area contributed by atoms with E-state index in [1.165, 1.54) is 10.9 Å². The minimum absolute atomic E-state index is 0.758. The molecule has 0 unspecified atom stereocenters. The molecule has 0 atom stereocenters. The number of nitrogens with two attached hydrogens (primary N) is 1. The normalized spacial score (nSPS) is 11.0. The van der Waals surface area contributed by atoms with Gasteiger partial charge in [-0.2, -0.15) is 0 Å². The first-order chi connectivity index (χ1) is 8.26. The second-order valence-electron chi connectivity index (χ2n) is 4.42. The van der Waals surface area contributed by atoms with Gasteiger partial charge >= 0.3 is 0 Å². The van der Waals surface area contributed by atoms with Crippen molar-refractivity contribution in [2.45, 2.75) is 26.2 Å². The Morgan fingerprint density at radius 3 is 2.82 bits per heavy atom. The van der Waals surface area contributed by atoms with E-state index in [9.17, 15) is 0 Å². The number of nitrogens with one attached hydrogen (secondary N) is 1. The molecule has 0 fully saturated rings. The first-order valence-corrected chi connectivity index (χ1v) is 6.11. The van der Waals surface area contributed by atoms with E-state index in [-0.39, 0.29) is 0 Å². The number of hydrogen-bond donors (Lipinski definition) is 2. The Kier molecular flexibility index (Phi) is 3.69.